The Morgan fingerprint density at radius 3 is 2.83 bits per heavy atom. The van der Waals surface area contributed by atoms with E-state index in [0.29, 0.717) is 18.8 Å². The Balaban J connectivity index is 2.42. The van der Waals surface area contributed by atoms with E-state index in [2.05, 4.69) is 10.2 Å². The van der Waals surface area contributed by atoms with Gasteiger partial charge in [-0.05, 0) is 20.3 Å². The maximum atomic E-state index is 12.5. The number of rotatable bonds is 3. The van der Waals surface area contributed by atoms with Crippen molar-refractivity contribution in [1.29, 1.82) is 0 Å². The zero-order chi connectivity index (χ0) is 13.3. The van der Waals surface area contributed by atoms with Gasteiger partial charge in [-0.3, -0.25) is 5.10 Å². The van der Waals surface area contributed by atoms with Gasteiger partial charge in [0, 0.05) is 13.1 Å². The number of nitrogens with zero attached hydrogens (tertiary/aromatic N) is 2. The van der Waals surface area contributed by atoms with E-state index in [1.807, 2.05) is 13.0 Å². The molecule has 0 atom stereocenters. The van der Waals surface area contributed by atoms with Gasteiger partial charge >= 0.3 is 0 Å². The number of H-pyrrole nitrogens is 1. The van der Waals surface area contributed by atoms with Crippen molar-refractivity contribution in [3.8, 4) is 0 Å². The molecule has 1 aliphatic heterocycles. The molecule has 0 aromatic carbocycles. The van der Waals surface area contributed by atoms with E-state index in [9.17, 15) is 8.42 Å². The van der Waals surface area contributed by atoms with Gasteiger partial charge in [0.2, 0.25) is 10.0 Å². The highest BCUT2D eigenvalue weighted by atomic mass is 32.2. The van der Waals surface area contributed by atoms with Crippen LogP contribution in [-0.4, -0.2) is 41.1 Å². The highest BCUT2D eigenvalue weighted by Crippen LogP contribution is 2.24. The third kappa shape index (κ3) is 2.21. The lowest BCUT2D eigenvalue weighted by Crippen LogP contribution is -2.36. The molecule has 0 spiro atoms. The highest BCUT2D eigenvalue weighted by molar-refractivity contribution is 7.89. The molecule has 0 radical (unpaired) electrons. The van der Waals surface area contributed by atoms with Gasteiger partial charge < -0.3 is 5.11 Å². The van der Waals surface area contributed by atoms with E-state index in [4.69, 9.17) is 5.11 Å². The summed E-state index contributed by atoms with van der Waals surface area (Å²) in [7, 11) is -3.59. The van der Waals surface area contributed by atoms with Crippen molar-refractivity contribution in [2.24, 2.45) is 0 Å². The molecule has 0 saturated heterocycles. The summed E-state index contributed by atoms with van der Waals surface area (Å²) in [6.45, 7) is 4.04. The minimum atomic E-state index is -3.59. The van der Waals surface area contributed by atoms with Gasteiger partial charge in [0.25, 0.3) is 0 Å². The lowest BCUT2D eigenvalue weighted by Gasteiger charge is -2.25. The van der Waals surface area contributed by atoms with Crippen LogP contribution in [0.2, 0.25) is 0 Å². The maximum Gasteiger partial charge on any atom is 0.247 e. The number of hydrogen-bond donors (Lipinski definition) is 2. The Morgan fingerprint density at radius 1 is 1.50 bits per heavy atom. The fourth-order valence-corrected chi connectivity index (χ4v) is 3.95. The predicted molar refractivity (Wildman–Crippen MR) is 66.4 cm³/mol. The second-order valence-corrected chi connectivity index (χ2v) is 6.34. The van der Waals surface area contributed by atoms with E-state index in [1.165, 1.54) is 4.31 Å². The van der Waals surface area contributed by atoms with Crippen LogP contribution < -0.4 is 0 Å². The van der Waals surface area contributed by atoms with Crippen LogP contribution >= 0.6 is 0 Å². The fourth-order valence-electron chi connectivity index (χ4n) is 2.13. The van der Waals surface area contributed by atoms with Crippen LogP contribution in [0, 0.1) is 6.92 Å². The third-order valence-electron chi connectivity index (χ3n) is 3.01. The highest BCUT2D eigenvalue weighted by Gasteiger charge is 2.31. The SMILES string of the molecule is CC1=CCCN(S(=O)(=O)c2c(CO)n[nH]c2C)C1. The molecule has 2 rings (SSSR count). The Bertz CT molecular complexity index is 574. The van der Waals surface area contributed by atoms with Crippen LogP contribution in [0.5, 0.6) is 0 Å². The van der Waals surface area contributed by atoms with Gasteiger partial charge in [-0.1, -0.05) is 11.6 Å². The summed E-state index contributed by atoms with van der Waals surface area (Å²) in [5.41, 5.74) is 1.68. The first kappa shape index (κ1) is 13.3. The molecule has 6 nitrogen and oxygen atoms in total. The maximum absolute atomic E-state index is 12.5. The summed E-state index contributed by atoms with van der Waals surface area (Å²) in [6, 6.07) is 0. The van der Waals surface area contributed by atoms with E-state index in [0.717, 1.165) is 12.0 Å². The van der Waals surface area contributed by atoms with Crippen LogP contribution in [0.15, 0.2) is 16.5 Å². The zero-order valence-corrected chi connectivity index (χ0v) is 11.3. The Labute approximate surface area is 106 Å². The Hall–Kier alpha value is -1.18. The Morgan fingerprint density at radius 2 is 2.22 bits per heavy atom. The quantitative estimate of drug-likeness (QED) is 0.786. The fraction of sp³-hybridized carbons (Fsp3) is 0.545. The van der Waals surface area contributed by atoms with Crippen LogP contribution in [0.1, 0.15) is 24.7 Å². The molecule has 0 fully saturated rings. The van der Waals surface area contributed by atoms with Gasteiger partial charge in [-0.2, -0.15) is 9.40 Å². The van der Waals surface area contributed by atoms with Gasteiger partial charge in [0.05, 0.1) is 12.3 Å². The summed E-state index contributed by atoms with van der Waals surface area (Å²) < 4.78 is 26.5. The van der Waals surface area contributed by atoms with E-state index in [1.54, 1.807) is 6.92 Å². The smallest absolute Gasteiger partial charge is 0.247 e. The second-order valence-electron chi connectivity index (χ2n) is 4.46. The molecule has 100 valence electrons. The standard InChI is InChI=1S/C11H17N3O3S/c1-8-4-3-5-14(6-8)18(16,17)11-9(2)12-13-10(11)7-15/h4,15H,3,5-7H2,1-2H3,(H,12,13). The molecule has 0 amide bonds. The third-order valence-corrected chi connectivity index (χ3v) is 5.06. The molecular formula is C11H17N3O3S. The average molecular weight is 271 g/mol. The van der Waals surface area contributed by atoms with E-state index < -0.39 is 10.0 Å². The molecule has 1 aromatic heterocycles. The monoisotopic (exact) mass is 271 g/mol. The van der Waals surface area contributed by atoms with Gasteiger partial charge in [-0.15, -0.1) is 0 Å². The molecule has 2 N–H and O–H groups in total. The zero-order valence-electron chi connectivity index (χ0n) is 10.5. The Kier molecular flexibility index (Phi) is 3.56. The molecule has 0 saturated carbocycles. The summed E-state index contributed by atoms with van der Waals surface area (Å²) >= 11 is 0. The average Bonchev–Trinajstić information content (AvgIpc) is 2.71. The number of aliphatic hydroxyl groups excluding tert-OH is 1. The number of aromatic nitrogens is 2. The van der Waals surface area contributed by atoms with Gasteiger partial charge in [-0.25, -0.2) is 8.42 Å². The van der Waals surface area contributed by atoms with Crippen LogP contribution in [-0.2, 0) is 16.6 Å². The van der Waals surface area contributed by atoms with E-state index in [-0.39, 0.29) is 17.2 Å². The first-order valence-corrected chi connectivity index (χ1v) is 7.21. The lowest BCUT2D eigenvalue weighted by molar-refractivity contribution is 0.273. The van der Waals surface area contributed by atoms with Crippen molar-refractivity contribution in [3.63, 3.8) is 0 Å². The number of aliphatic hydroxyl groups is 1. The van der Waals surface area contributed by atoms with Crippen LogP contribution in [0.25, 0.3) is 0 Å². The second kappa shape index (κ2) is 4.83. The number of nitrogens with one attached hydrogen (secondary N) is 1. The molecule has 7 heteroatoms. The summed E-state index contributed by atoms with van der Waals surface area (Å²) in [5, 5.41) is 15.6. The summed E-state index contributed by atoms with van der Waals surface area (Å²) in [5.74, 6) is 0. The molecule has 2 heterocycles. The first-order valence-electron chi connectivity index (χ1n) is 5.77. The molecule has 18 heavy (non-hydrogen) atoms. The molecular weight excluding hydrogens is 254 g/mol. The van der Waals surface area contributed by atoms with Crippen molar-refractivity contribution in [2.75, 3.05) is 13.1 Å². The minimum absolute atomic E-state index is 0.111. The van der Waals surface area contributed by atoms with E-state index >= 15 is 0 Å². The number of aromatic amines is 1. The van der Waals surface area contributed by atoms with Crippen LogP contribution in [0.3, 0.4) is 0 Å². The molecule has 1 aliphatic rings. The molecule has 0 aliphatic carbocycles. The topological polar surface area (TPSA) is 86.3 Å². The van der Waals surface area contributed by atoms with Crippen molar-refractivity contribution >= 4 is 10.0 Å². The predicted octanol–water partition coefficient (Wildman–Crippen LogP) is 0.551. The largest absolute Gasteiger partial charge is 0.390 e. The molecule has 1 aromatic rings. The van der Waals surface area contributed by atoms with Crippen molar-refractivity contribution < 1.29 is 13.5 Å². The van der Waals surface area contributed by atoms with Gasteiger partial charge in [0.1, 0.15) is 10.6 Å². The van der Waals surface area contributed by atoms with Crippen molar-refractivity contribution in [2.45, 2.75) is 31.8 Å². The molecule has 0 bridgehead atoms. The van der Waals surface area contributed by atoms with Crippen molar-refractivity contribution in [1.82, 2.24) is 14.5 Å². The number of sulfonamides is 1. The van der Waals surface area contributed by atoms with Crippen LogP contribution in [0.4, 0.5) is 0 Å². The van der Waals surface area contributed by atoms with Gasteiger partial charge in [0.15, 0.2) is 0 Å². The number of aryl methyl sites for hydroxylation is 1. The molecule has 0 unspecified atom stereocenters. The first-order chi connectivity index (χ1) is 8.46. The normalized spacial score (nSPS) is 17.8. The lowest BCUT2D eigenvalue weighted by atomic mass is 10.2. The van der Waals surface area contributed by atoms with Crippen molar-refractivity contribution in [3.05, 3.63) is 23.0 Å². The number of hydrogen-bond acceptors (Lipinski definition) is 4. The summed E-state index contributed by atoms with van der Waals surface area (Å²) in [6.07, 6.45) is 2.76. The minimum Gasteiger partial charge on any atom is -0.390 e. The summed E-state index contributed by atoms with van der Waals surface area (Å²) in [4.78, 5) is 0.111.